The van der Waals surface area contributed by atoms with E-state index in [1.807, 2.05) is 55.4 Å². The topological polar surface area (TPSA) is 73.9 Å². The van der Waals surface area contributed by atoms with Crippen molar-refractivity contribution in [2.24, 2.45) is 5.41 Å². The van der Waals surface area contributed by atoms with Gasteiger partial charge in [0.1, 0.15) is 5.60 Å². The van der Waals surface area contributed by atoms with Crippen LogP contribution in [-0.4, -0.2) is 42.0 Å². The van der Waals surface area contributed by atoms with Crippen LogP contribution in [0.15, 0.2) is 0 Å². The number of amides is 1. The molecule has 0 radical (unpaired) electrons. The first-order chi connectivity index (χ1) is 11.2. The average Bonchev–Trinajstić information content (AvgIpc) is 2.32. The summed E-state index contributed by atoms with van der Waals surface area (Å²) in [7, 11) is 0. The maximum atomic E-state index is 12.1. The summed E-state index contributed by atoms with van der Waals surface area (Å²) in [5.41, 5.74) is -0.913. The van der Waals surface area contributed by atoms with Crippen LogP contribution >= 0.6 is 0 Å². The lowest BCUT2D eigenvalue weighted by molar-refractivity contribution is -0.300. The highest BCUT2D eigenvalue weighted by Crippen LogP contribution is 2.30. The van der Waals surface area contributed by atoms with E-state index in [1.54, 1.807) is 0 Å². The summed E-state index contributed by atoms with van der Waals surface area (Å²) in [5, 5.41) is 2.93. The highest BCUT2D eigenvalue weighted by molar-refractivity contribution is 5.81. The van der Waals surface area contributed by atoms with E-state index in [1.165, 1.54) is 0 Å². The van der Waals surface area contributed by atoms with Gasteiger partial charge >= 0.3 is 5.97 Å². The Bertz CT molecular complexity index is 473. The van der Waals surface area contributed by atoms with E-state index in [2.05, 4.69) is 5.32 Å². The Morgan fingerprint density at radius 1 is 1.08 bits per heavy atom. The van der Waals surface area contributed by atoms with Gasteiger partial charge in [0.25, 0.3) is 0 Å². The first-order valence-electron chi connectivity index (χ1n) is 9.04. The SMILES string of the molecule is CC(C)(C)OC(=O)C[C@H]1C[C@@H](CCNC(=O)C(C)(C)C)OC(C)(C)O1. The van der Waals surface area contributed by atoms with Crippen LogP contribution in [0, 0.1) is 5.41 Å². The van der Waals surface area contributed by atoms with Crippen molar-refractivity contribution < 1.29 is 23.8 Å². The minimum Gasteiger partial charge on any atom is -0.460 e. The fourth-order valence-electron chi connectivity index (χ4n) is 2.70. The molecule has 1 amide bonds. The quantitative estimate of drug-likeness (QED) is 0.765. The van der Waals surface area contributed by atoms with E-state index in [9.17, 15) is 9.59 Å². The van der Waals surface area contributed by atoms with Gasteiger partial charge in [-0.05, 0) is 41.0 Å². The van der Waals surface area contributed by atoms with Crippen molar-refractivity contribution in [2.45, 2.75) is 98.2 Å². The van der Waals surface area contributed by atoms with Crippen molar-refractivity contribution in [3.05, 3.63) is 0 Å². The molecular formula is C19H35NO5. The van der Waals surface area contributed by atoms with Crippen LogP contribution in [0.4, 0.5) is 0 Å². The molecule has 0 bridgehead atoms. The zero-order chi connectivity index (χ0) is 19.5. The van der Waals surface area contributed by atoms with Gasteiger partial charge in [0.2, 0.25) is 5.91 Å². The third-order valence-electron chi connectivity index (χ3n) is 3.67. The third-order valence-corrected chi connectivity index (χ3v) is 3.67. The van der Waals surface area contributed by atoms with E-state index in [-0.39, 0.29) is 30.5 Å². The molecule has 1 aliphatic rings. The highest BCUT2D eigenvalue weighted by Gasteiger charge is 2.37. The second-order valence-electron chi connectivity index (χ2n) is 9.20. The van der Waals surface area contributed by atoms with Gasteiger partial charge in [-0.15, -0.1) is 0 Å². The molecule has 25 heavy (non-hydrogen) atoms. The lowest BCUT2D eigenvalue weighted by Crippen LogP contribution is -2.47. The minimum absolute atomic E-state index is 0.0177. The zero-order valence-corrected chi connectivity index (χ0v) is 17.0. The van der Waals surface area contributed by atoms with Crippen LogP contribution in [0.1, 0.15) is 74.7 Å². The van der Waals surface area contributed by atoms with Crippen LogP contribution in [0.25, 0.3) is 0 Å². The Balaban J connectivity index is 2.53. The molecule has 0 aromatic carbocycles. The Morgan fingerprint density at radius 3 is 2.16 bits per heavy atom. The number of esters is 1. The second-order valence-corrected chi connectivity index (χ2v) is 9.20. The number of ether oxygens (including phenoxy) is 3. The number of carbonyl (C=O) groups is 2. The largest absolute Gasteiger partial charge is 0.460 e. The molecule has 0 aliphatic carbocycles. The molecule has 1 N–H and O–H groups in total. The van der Waals surface area contributed by atoms with Gasteiger partial charge in [-0.2, -0.15) is 0 Å². The van der Waals surface area contributed by atoms with Gasteiger partial charge in [-0.1, -0.05) is 20.8 Å². The fraction of sp³-hybridized carbons (Fsp3) is 0.895. The molecule has 146 valence electrons. The number of carbonyl (C=O) groups excluding carboxylic acids is 2. The van der Waals surface area contributed by atoms with Crippen LogP contribution in [-0.2, 0) is 23.8 Å². The molecule has 1 heterocycles. The smallest absolute Gasteiger partial charge is 0.308 e. The molecular weight excluding hydrogens is 322 g/mol. The van der Waals surface area contributed by atoms with Gasteiger partial charge in [-0.3, -0.25) is 9.59 Å². The van der Waals surface area contributed by atoms with Crippen molar-refractivity contribution in [2.75, 3.05) is 6.54 Å². The highest BCUT2D eigenvalue weighted by atomic mass is 16.7. The molecule has 1 aliphatic heterocycles. The predicted octanol–water partition coefficient (Wildman–Crippen LogP) is 3.18. The first kappa shape index (κ1) is 21.9. The van der Waals surface area contributed by atoms with Crippen LogP contribution in [0.5, 0.6) is 0 Å². The fourth-order valence-corrected chi connectivity index (χ4v) is 2.70. The van der Waals surface area contributed by atoms with Gasteiger partial charge in [0.15, 0.2) is 5.79 Å². The van der Waals surface area contributed by atoms with E-state index >= 15 is 0 Å². The zero-order valence-electron chi connectivity index (χ0n) is 17.0. The first-order valence-corrected chi connectivity index (χ1v) is 9.04. The molecule has 6 nitrogen and oxygen atoms in total. The molecule has 6 heteroatoms. The Labute approximate surface area is 152 Å². The summed E-state index contributed by atoms with van der Waals surface area (Å²) in [6.07, 6.45) is 1.17. The summed E-state index contributed by atoms with van der Waals surface area (Å²) >= 11 is 0. The van der Waals surface area contributed by atoms with E-state index in [0.29, 0.717) is 19.4 Å². The summed E-state index contributed by atoms with van der Waals surface area (Å²) < 4.78 is 17.2. The third kappa shape index (κ3) is 8.68. The Morgan fingerprint density at radius 2 is 1.64 bits per heavy atom. The molecule has 0 aromatic heterocycles. The maximum absolute atomic E-state index is 12.1. The van der Waals surface area contributed by atoms with Crippen molar-refractivity contribution in [3.63, 3.8) is 0 Å². The van der Waals surface area contributed by atoms with Crippen LogP contribution in [0.3, 0.4) is 0 Å². The molecule has 1 rings (SSSR count). The Hall–Kier alpha value is -1.14. The Kier molecular flexibility index (Phi) is 7.04. The minimum atomic E-state index is -0.760. The number of rotatable bonds is 5. The molecule has 1 fully saturated rings. The molecule has 0 unspecified atom stereocenters. The van der Waals surface area contributed by atoms with Gasteiger partial charge in [-0.25, -0.2) is 0 Å². The van der Waals surface area contributed by atoms with E-state index < -0.39 is 16.8 Å². The van der Waals surface area contributed by atoms with Crippen LogP contribution in [0.2, 0.25) is 0 Å². The summed E-state index contributed by atoms with van der Waals surface area (Å²) in [4.78, 5) is 24.0. The molecule has 1 saturated heterocycles. The molecule has 0 aromatic rings. The van der Waals surface area contributed by atoms with E-state index in [4.69, 9.17) is 14.2 Å². The molecule has 2 atom stereocenters. The molecule has 0 spiro atoms. The summed E-state index contributed by atoms with van der Waals surface area (Å²) in [6, 6.07) is 0. The van der Waals surface area contributed by atoms with Gasteiger partial charge in [0.05, 0.1) is 18.6 Å². The number of nitrogens with one attached hydrogen (secondary N) is 1. The predicted molar refractivity (Wildman–Crippen MR) is 96.0 cm³/mol. The van der Waals surface area contributed by atoms with Crippen molar-refractivity contribution in [1.82, 2.24) is 5.32 Å². The monoisotopic (exact) mass is 357 g/mol. The maximum Gasteiger partial charge on any atom is 0.308 e. The van der Waals surface area contributed by atoms with Gasteiger partial charge in [0, 0.05) is 18.4 Å². The lowest BCUT2D eigenvalue weighted by atomic mass is 9.95. The van der Waals surface area contributed by atoms with Crippen LogP contribution < -0.4 is 5.32 Å². The standard InChI is InChI=1S/C19H35NO5/c1-17(2,3)16(22)20-10-9-13-11-14(24-19(7,8)23-13)12-15(21)25-18(4,5)6/h13-14H,9-12H2,1-8H3,(H,20,22)/t13-,14-/m1/s1. The molecule has 0 saturated carbocycles. The van der Waals surface area contributed by atoms with Crippen molar-refractivity contribution in [3.8, 4) is 0 Å². The normalized spacial score (nSPS) is 23.8. The van der Waals surface area contributed by atoms with Crippen molar-refractivity contribution in [1.29, 1.82) is 0 Å². The van der Waals surface area contributed by atoms with Gasteiger partial charge < -0.3 is 19.5 Å². The summed E-state index contributed by atoms with van der Waals surface area (Å²) in [6.45, 7) is 15.4. The van der Waals surface area contributed by atoms with Crippen molar-refractivity contribution >= 4 is 11.9 Å². The summed E-state index contributed by atoms with van der Waals surface area (Å²) in [5.74, 6) is -1.01. The lowest BCUT2D eigenvalue weighted by Gasteiger charge is -2.41. The second kappa shape index (κ2) is 8.04. The average molecular weight is 357 g/mol. The number of hydrogen-bond donors (Lipinski definition) is 1. The van der Waals surface area contributed by atoms with E-state index in [0.717, 1.165) is 0 Å². The number of hydrogen-bond acceptors (Lipinski definition) is 5.